The summed E-state index contributed by atoms with van der Waals surface area (Å²) >= 11 is 12.7. The van der Waals surface area contributed by atoms with Crippen LogP contribution in [-0.4, -0.2) is 54.7 Å². The molecule has 5 heteroatoms. The Morgan fingerprint density at radius 3 is 2.89 bits per heavy atom. The molecule has 0 bridgehead atoms. The standard InChI is InChI=1S/C14H24Cl2N2O/c1-2-7-19-14(9-18-6-5-17-10-18)12-4-3-11(15)8-13(12)16/h2,11-14,17H,1,3-10H2/t11?,12?,13?,14-/m1/s1. The Balaban J connectivity index is 1.92. The van der Waals surface area contributed by atoms with Gasteiger partial charge in [0.25, 0.3) is 0 Å². The van der Waals surface area contributed by atoms with Crippen LogP contribution in [0.15, 0.2) is 12.7 Å². The van der Waals surface area contributed by atoms with Gasteiger partial charge in [-0.25, -0.2) is 0 Å². The molecule has 2 rings (SSSR count). The Bertz CT molecular complexity index is 285. The van der Waals surface area contributed by atoms with Crippen LogP contribution in [0.1, 0.15) is 19.3 Å². The van der Waals surface area contributed by atoms with Gasteiger partial charge in [0.05, 0.1) is 12.7 Å². The predicted octanol–water partition coefficient (Wildman–Crippen LogP) is 2.44. The van der Waals surface area contributed by atoms with Gasteiger partial charge in [-0.05, 0) is 19.3 Å². The van der Waals surface area contributed by atoms with Crippen molar-refractivity contribution in [3.63, 3.8) is 0 Å². The molecule has 1 saturated carbocycles. The molecule has 1 N–H and O–H groups in total. The lowest BCUT2D eigenvalue weighted by Crippen LogP contribution is -2.43. The van der Waals surface area contributed by atoms with Gasteiger partial charge in [-0.1, -0.05) is 6.08 Å². The zero-order chi connectivity index (χ0) is 13.7. The second kappa shape index (κ2) is 7.84. The lowest BCUT2D eigenvalue weighted by Gasteiger charge is -2.37. The topological polar surface area (TPSA) is 24.5 Å². The van der Waals surface area contributed by atoms with Crippen LogP contribution in [0, 0.1) is 5.92 Å². The molecule has 3 nitrogen and oxygen atoms in total. The molecule has 0 spiro atoms. The second-order valence-electron chi connectivity index (χ2n) is 5.49. The summed E-state index contributed by atoms with van der Waals surface area (Å²) in [7, 11) is 0. The third-order valence-corrected chi connectivity index (χ3v) is 4.94. The van der Waals surface area contributed by atoms with Gasteiger partial charge in [0.2, 0.25) is 0 Å². The van der Waals surface area contributed by atoms with Crippen LogP contribution in [0.5, 0.6) is 0 Å². The van der Waals surface area contributed by atoms with E-state index in [1.165, 1.54) is 0 Å². The number of alkyl halides is 2. The van der Waals surface area contributed by atoms with Gasteiger partial charge >= 0.3 is 0 Å². The van der Waals surface area contributed by atoms with Crippen LogP contribution in [-0.2, 0) is 4.74 Å². The highest BCUT2D eigenvalue weighted by molar-refractivity contribution is 6.24. The van der Waals surface area contributed by atoms with Crippen LogP contribution in [0.4, 0.5) is 0 Å². The third kappa shape index (κ3) is 4.61. The van der Waals surface area contributed by atoms with Crippen LogP contribution in [0.3, 0.4) is 0 Å². The molecule has 1 aliphatic carbocycles. The van der Waals surface area contributed by atoms with Crippen LogP contribution >= 0.6 is 23.2 Å². The molecule has 1 aliphatic heterocycles. The van der Waals surface area contributed by atoms with Gasteiger partial charge in [-0.2, -0.15) is 0 Å². The highest BCUT2D eigenvalue weighted by atomic mass is 35.5. The Kier molecular flexibility index (Phi) is 6.43. The normalized spacial score (nSPS) is 34.3. The average Bonchev–Trinajstić information content (AvgIpc) is 2.88. The van der Waals surface area contributed by atoms with E-state index in [9.17, 15) is 0 Å². The zero-order valence-corrected chi connectivity index (χ0v) is 12.9. The average molecular weight is 307 g/mol. The lowest BCUT2D eigenvalue weighted by molar-refractivity contribution is -0.00227. The molecule has 2 fully saturated rings. The molecular formula is C14H24Cl2N2O. The molecule has 19 heavy (non-hydrogen) atoms. The van der Waals surface area contributed by atoms with E-state index in [-0.39, 0.29) is 16.9 Å². The van der Waals surface area contributed by atoms with Crippen molar-refractivity contribution in [2.24, 2.45) is 5.92 Å². The Morgan fingerprint density at radius 1 is 1.42 bits per heavy atom. The largest absolute Gasteiger partial charge is 0.373 e. The van der Waals surface area contributed by atoms with Gasteiger partial charge in [0.15, 0.2) is 0 Å². The van der Waals surface area contributed by atoms with Gasteiger partial charge in [0, 0.05) is 43.0 Å². The molecule has 3 unspecified atom stereocenters. The van der Waals surface area contributed by atoms with Crippen molar-refractivity contribution in [1.29, 1.82) is 0 Å². The fourth-order valence-corrected chi connectivity index (χ4v) is 3.89. The number of hydrogen-bond acceptors (Lipinski definition) is 3. The Morgan fingerprint density at radius 2 is 2.26 bits per heavy atom. The van der Waals surface area contributed by atoms with Crippen molar-refractivity contribution in [1.82, 2.24) is 10.2 Å². The van der Waals surface area contributed by atoms with E-state index in [2.05, 4.69) is 16.8 Å². The number of halogens is 2. The van der Waals surface area contributed by atoms with Crippen molar-refractivity contribution in [3.8, 4) is 0 Å². The molecule has 0 radical (unpaired) electrons. The van der Waals surface area contributed by atoms with Gasteiger partial charge in [0.1, 0.15) is 0 Å². The van der Waals surface area contributed by atoms with Crippen molar-refractivity contribution in [2.75, 3.05) is 32.9 Å². The first-order chi connectivity index (χ1) is 9.20. The molecule has 4 atom stereocenters. The first-order valence-corrected chi connectivity index (χ1v) is 8.01. The fourth-order valence-electron chi connectivity index (χ4n) is 2.98. The first kappa shape index (κ1) is 15.6. The number of ether oxygens (including phenoxy) is 1. The summed E-state index contributed by atoms with van der Waals surface area (Å²) in [6, 6.07) is 0. The molecule has 0 aromatic rings. The maximum absolute atomic E-state index is 6.51. The molecule has 0 amide bonds. The molecule has 2 aliphatic rings. The molecule has 0 aromatic heterocycles. The number of rotatable bonds is 6. The molecule has 0 aromatic carbocycles. The highest BCUT2D eigenvalue weighted by Crippen LogP contribution is 2.35. The summed E-state index contributed by atoms with van der Waals surface area (Å²) in [4.78, 5) is 2.39. The number of nitrogens with zero attached hydrogens (tertiary/aromatic N) is 1. The minimum atomic E-state index is 0.127. The van der Waals surface area contributed by atoms with E-state index in [1.54, 1.807) is 0 Å². The smallest absolute Gasteiger partial charge is 0.0748 e. The third-order valence-electron chi connectivity index (χ3n) is 4.04. The molecular weight excluding hydrogens is 283 g/mol. The summed E-state index contributed by atoms with van der Waals surface area (Å²) in [6.45, 7) is 8.38. The van der Waals surface area contributed by atoms with Crippen LogP contribution < -0.4 is 5.32 Å². The Labute approximate surface area is 126 Å². The minimum Gasteiger partial charge on any atom is -0.373 e. The summed E-state index contributed by atoms with van der Waals surface area (Å²) in [5, 5.41) is 3.71. The molecule has 1 heterocycles. The lowest BCUT2D eigenvalue weighted by atomic mass is 9.84. The summed E-state index contributed by atoms with van der Waals surface area (Å²) in [5.74, 6) is 0.400. The number of hydrogen-bond donors (Lipinski definition) is 1. The highest BCUT2D eigenvalue weighted by Gasteiger charge is 2.35. The first-order valence-electron chi connectivity index (χ1n) is 7.14. The van der Waals surface area contributed by atoms with Gasteiger partial charge < -0.3 is 10.1 Å². The maximum atomic E-state index is 6.51. The summed E-state index contributed by atoms with van der Waals surface area (Å²) in [6.07, 6.45) is 4.99. The van der Waals surface area contributed by atoms with E-state index in [4.69, 9.17) is 27.9 Å². The quantitative estimate of drug-likeness (QED) is 0.602. The summed E-state index contributed by atoms with van der Waals surface area (Å²) in [5.41, 5.74) is 0. The van der Waals surface area contributed by atoms with Crippen molar-refractivity contribution in [2.45, 2.75) is 36.1 Å². The van der Waals surface area contributed by atoms with Crippen molar-refractivity contribution in [3.05, 3.63) is 12.7 Å². The molecule has 1 saturated heterocycles. The van der Waals surface area contributed by atoms with Crippen LogP contribution in [0.25, 0.3) is 0 Å². The van der Waals surface area contributed by atoms with E-state index in [1.807, 2.05) is 6.08 Å². The molecule has 110 valence electrons. The van der Waals surface area contributed by atoms with Crippen molar-refractivity contribution >= 4 is 23.2 Å². The SMILES string of the molecule is C=CCO[C@H](CN1CCNC1)C1CCC(Cl)CC1Cl. The van der Waals surface area contributed by atoms with E-state index in [0.717, 1.165) is 45.6 Å². The van der Waals surface area contributed by atoms with Crippen molar-refractivity contribution < 1.29 is 4.74 Å². The van der Waals surface area contributed by atoms with Gasteiger partial charge in [-0.3, -0.25) is 4.90 Å². The Hall–Kier alpha value is 0.200. The second-order valence-corrected chi connectivity index (χ2v) is 6.66. The predicted molar refractivity (Wildman–Crippen MR) is 81.0 cm³/mol. The maximum Gasteiger partial charge on any atom is 0.0748 e. The summed E-state index contributed by atoms with van der Waals surface area (Å²) < 4.78 is 5.98. The monoisotopic (exact) mass is 306 g/mol. The van der Waals surface area contributed by atoms with E-state index in [0.29, 0.717) is 12.5 Å². The van der Waals surface area contributed by atoms with Crippen LogP contribution in [0.2, 0.25) is 0 Å². The number of nitrogens with one attached hydrogen (secondary N) is 1. The van der Waals surface area contributed by atoms with E-state index < -0.39 is 0 Å². The van der Waals surface area contributed by atoms with E-state index >= 15 is 0 Å². The minimum absolute atomic E-state index is 0.127. The van der Waals surface area contributed by atoms with Gasteiger partial charge in [-0.15, -0.1) is 29.8 Å². The zero-order valence-electron chi connectivity index (χ0n) is 11.4. The fraction of sp³-hybridized carbons (Fsp3) is 0.857.